The van der Waals surface area contributed by atoms with Crippen molar-refractivity contribution < 1.29 is 23.9 Å². The van der Waals surface area contributed by atoms with Crippen LogP contribution in [0.25, 0.3) is 6.08 Å². The molecule has 198 valence electrons. The maximum Gasteiger partial charge on any atom is 0.338 e. The lowest BCUT2D eigenvalue weighted by atomic mass is 9.95. The molecule has 1 aromatic heterocycles. The largest absolute Gasteiger partial charge is 0.493 e. The number of nitro groups is 1. The lowest BCUT2D eigenvalue weighted by Crippen LogP contribution is -2.40. The summed E-state index contributed by atoms with van der Waals surface area (Å²) in [7, 11) is 1.51. The zero-order valence-corrected chi connectivity index (χ0v) is 23.4. The molecule has 2 heterocycles. The third kappa shape index (κ3) is 5.14. The van der Waals surface area contributed by atoms with Crippen molar-refractivity contribution in [2.24, 2.45) is 4.99 Å². The lowest BCUT2D eigenvalue weighted by molar-refractivity contribution is -0.384. The molecule has 3 aromatic rings. The van der Waals surface area contributed by atoms with Gasteiger partial charge in [-0.25, -0.2) is 9.79 Å². The number of rotatable bonds is 8. The molecule has 10 nitrogen and oxygen atoms in total. The number of nitro benzene ring substituents is 1. The molecule has 0 saturated carbocycles. The number of methoxy groups -OCH3 is 1. The highest BCUT2D eigenvalue weighted by Crippen LogP contribution is 2.41. The normalized spacial score (nSPS) is 15.1. The fourth-order valence-electron chi connectivity index (χ4n) is 4.15. The first-order valence-corrected chi connectivity index (χ1v) is 13.2. The van der Waals surface area contributed by atoms with Crippen LogP contribution in [0.5, 0.6) is 11.5 Å². The van der Waals surface area contributed by atoms with Crippen LogP contribution in [0.4, 0.5) is 5.69 Å². The quantitative estimate of drug-likeness (QED) is 0.218. The van der Waals surface area contributed by atoms with Crippen LogP contribution in [0.15, 0.2) is 61.9 Å². The average molecular weight is 602 g/mol. The second kappa shape index (κ2) is 11.3. The molecular weight excluding hydrogens is 578 g/mol. The van der Waals surface area contributed by atoms with Gasteiger partial charge in [0.05, 0.1) is 47.1 Å². The minimum absolute atomic E-state index is 0.0877. The number of ether oxygens (including phenoxy) is 3. The van der Waals surface area contributed by atoms with Crippen molar-refractivity contribution >= 4 is 45.0 Å². The standard InChI is InChI=1S/C26H24BrN3O7S/c1-5-36-20-13-18(27)17(12-19(20)35-4)23-22(25(32)37-6-2)14(3)28-26-29(23)24(31)21(38-26)11-15-8-7-9-16(10-15)30(33)34/h7-13,23H,5-6H2,1-4H3/b21-11+/t23-/m0/s1. The predicted octanol–water partition coefficient (Wildman–Crippen LogP) is 3.88. The molecule has 4 rings (SSSR count). The summed E-state index contributed by atoms with van der Waals surface area (Å²) in [4.78, 5) is 42.6. The van der Waals surface area contributed by atoms with Crippen LogP contribution in [0.2, 0.25) is 0 Å². The van der Waals surface area contributed by atoms with E-state index in [2.05, 4.69) is 20.9 Å². The Bertz CT molecular complexity index is 1640. The van der Waals surface area contributed by atoms with E-state index in [-0.39, 0.29) is 17.9 Å². The van der Waals surface area contributed by atoms with Crippen molar-refractivity contribution in [3.05, 3.63) is 93.1 Å². The number of thiazole rings is 1. The number of carbonyl (C=O) groups excluding carboxylic acids is 1. The van der Waals surface area contributed by atoms with Gasteiger partial charge < -0.3 is 14.2 Å². The summed E-state index contributed by atoms with van der Waals surface area (Å²) in [5.41, 5.74) is 1.20. The van der Waals surface area contributed by atoms with Gasteiger partial charge in [-0.05, 0) is 50.1 Å². The van der Waals surface area contributed by atoms with E-state index in [1.54, 1.807) is 44.2 Å². The molecule has 1 aliphatic rings. The summed E-state index contributed by atoms with van der Waals surface area (Å²) >= 11 is 4.71. The molecule has 0 radical (unpaired) electrons. The van der Waals surface area contributed by atoms with Crippen molar-refractivity contribution in [1.82, 2.24) is 4.57 Å². The van der Waals surface area contributed by atoms with Crippen LogP contribution in [0.1, 0.15) is 37.9 Å². The Morgan fingerprint density at radius 2 is 2.00 bits per heavy atom. The van der Waals surface area contributed by atoms with E-state index in [0.29, 0.717) is 48.7 Å². The number of esters is 1. The van der Waals surface area contributed by atoms with E-state index in [4.69, 9.17) is 14.2 Å². The second-order valence-corrected chi connectivity index (χ2v) is 9.98. The Morgan fingerprint density at radius 3 is 2.66 bits per heavy atom. The second-order valence-electron chi connectivity index (χ2n) is 8.11. The maximum absolute atomic E-state index is 13.8. The molecule has 1 atom stereocenters. The average Bonchev–Trinajstić information content (AvgIpc) is 3.18. The van der Waals surface area contributed by atoms with E-state index >= 15 is 0 Å². The van der Waals surface area contributed by atoms with E-state index in [9.17, 15) is 19.7 Å². The number of benzene rings is 2. The summed E-state index contributed by atoms with van der Waals surface area (Å²) in [5.74, 6) is 0.343. The maximum atomic E-state index is 13.8. The molecule has 0 fully saturated rings. The van der Waals surface area contributed by atoms with Crippen molar-refractivity contribution in [2.45, 2.75) is 26.8 Å². The van der Waals surface area contributed by atoms with Gasteiger partial charge in [-0.3, -0.25) is 19.5 Å². The summed E-state index contributed by atoms with van der Waals surface area (Å²) in [5, 5.41) is 11.2. The van der Waals surface area contributed by atoms with Crippen molar-refractivity contribution in [3.63, 3.8) is 0 Å². The molecule has 12 heteroatoms. The number of aromatic nitrogens is 1. The topological polar surface area (TPSA) is 122 Å². The molecule has 2 aromatic carbocycles. The van der Waals surface area contributed by atoms with E-state index in [1.807, 2.05) is 6.92 Å². The summed E-state index contributed by atoms with van der Waals surface area (Å²) in [6, 6.07) is 8.56. The smallest absolute Gasteiger partial charge is 0.338 e. The number of carbonyl (C=O) groups is 1. The Hall–Kier alpha value is -3.77. The minimum Gasteiger partial charge on any atom is -0.493 e. The zero-order chi connectivity index (χ0) is 27.6. The first kappa shape index (κ1) is 27.3. The molecular formula is C26H24BrN3O7S. The number of hydrogen-bond donors (Lipinski definition) is 0. The van der Waals surface area contributed by atoms with Crippen LogP contribution in [-0.4, -0.2) is 35.8 Å². The third-order valence-electron chi connectivity index (χ3n) is 5.77. The number of allylic oxidation sites excluding steroid dienone is 1. The molecule has 0 saturated heterocycles. The molecule has 0 spiro atoms. The van der Waals surface area contributed by atoms with Crippen LogP contribution in [0, 0.1) is 10.1 Å². The number of fused-ring (bicyclic) bond motifs is 1. The van der Waals surface area contributed by atoms with Crippen molar-refractivity contribution in [3.8, 4) is 11.5 Å². The molecule has 1 aliphatic heterocycles. The van der Waals surface area contributed by atoms with Crippen LogP contribution < -0.4 is 24.4 Å². The number of hydrogen-bond acceptors (Lipinski definition) is 9. The summed E-state index contributed by atoms with van der Waals surface area (Å²) in [6.07, 6.45) is 1.57. The van der Waals surface area contributed by atoms with Crippen molar-refractivity contribution in [2.75, 3.05) is 20.3 Å². The van der Waals surface area contributed by atoms with Crippen LogP contribution >= 0.6 is 27.3 Å². The molecule has 0 aliphatic carbocycles. The van der Waals surface area contributed by atoms with Gasteiger partial charge in [-0.15, -0.1) is 0 Å². The lowest BCUT2D eigenvalue weighted by Gasteiger charge is -2.26. The number of nitrogens with zero attached hydrogens (tertiary/aromatic N) is 3. The van der Waals surface area contributed by atoms with E-state index in [0.717, 1.165) is 11.3 Å². The Labute approximate surface area is 229 Å². The number of halogens is 1. The van der Waals surface area contributed by atoms with Gasteiger partial charge in [-0.2, -0.15) is 0 Å². The molecule has 38 heavy (non-hydrogen) atoms. The number of non-ortho nitro benzene ring substituents is 1. The van der Waals surface area contributed by atoms with Gasteiger partial charge in [-0.1, -0.05) is 39.4 Å². The summed E-state index contributed by atoms with van der Waals surface area (Å²) < 4.78 is 18.9. The third-order valence-corrected chi connectivity index (χ3v) is 7.44. The fourth-order valence-corrected chi connectivity index (χ4v) is 5.74. The Morgan fingerprint density at radius 1 is 1.24 bits per heavy atom. The first-order valence-electron chi connectivity index (χ1n) is 11.6. The highest BCUT2D eigenvalue weighted by Gasteiger charge is 2.35. The molecule has 0 unspecified atom stereocenters. The van der Waals surface area contributed by atoms with Gasteiger partial charge in [0.1, 0.15) is 0 Å². The molecule has 0 bridgehead atoms. The summed E-state index contributed by atoms with van der Waals surface area (Å²) in [6.45, 7) is 5.81. The van der Waals surface area contributed by atoms with Crippen LogP contribution in [0.3, 0.4) is 0 Å². The van der Waals surface area contributed by atoms with Crippen molar-refractivity contribution in [1.29, 1.82) is 0 Å². The predicted molar refractivity (Wildman–Crippen MR) is 145 cm³/mol. The first-order chi connectivity index (χ1) is 18.2. The Balaban J connectivity index is 1.99. The van der Waals surface area contributed by atoms with Gasteiger partial charge in [0.25, 0.3) is 11.2 Å². The van der Waals surface area contributed by atoms with Gasteiger partial charge >= 0.3 is 5.97 Å². The fraction of sp³-hybridized carbons (Fsp3) is 0.269. The van der Waals surface area contributed by atoms with Crippen LogP contribution in [-0.2, 0) is 9.53 Å². The van der Waals surface area contributed by atoms with Gasteiger partial charge in [0, 0.05) is 16.6 Å². The highest BCUT2D eigenvalue weighted by molar-refractivity contribution is 9.10. The highest BCUT2D eigenvalue weighted by atomic mass is 79.9. The minimum atomic E-state index is -0.878. The zero-order valence-electron chi connectivity index (χ0n) is 21.0. The molecule has 0 amide bonds. The van der Waals surface area contributed by atoms with E-state index < -0.39 is 22.5 Å². The molecule has 0 N–H and O–H groups in total. The van der Waals surface area contributed by atoms with E-state index in [1.165, 1.54) is 23.8 Å². The monoisotopic (exact) mass is 601 g/mol. The SMILES string of the molecule is CCOC(=O)C1=C(C)N=c2s/c(=C/c3cccc([N+](=O)[O-])c3)c(=O)n2[C@H]1c1cc(OC)c(OCC)cc1Br. The van der Waals surface area contributed by atoms with Gasteiger partial charge in [0.2, 0.25) is 0 Å². The Kier molecular flexibility index (Phi) is 8.12. The van der Waals surface area contributed by atoms with Gasteiger partial charge in [0.15, 0.2) is 16.3 Å².